The molecule has 1 unspecified atom stereocenters. The molecule has 0 bridgehead atoms. The predicted molar refractivity (Wildman–Crippen MR) is 81.9 cm³/mol. The molecule has 7 heteroatoms. The third kappa shape index (κ3) is 3.68. The number of anilines is 1. The van der Waals surface area contributed by atoms with E-state index in [1.807, 2.05) is 13.8 Å². The first-order valence-electron chi connectivity index (χ1n) is 7.35. The van der Waals surface area contributed by atoms with E-state index in [0.717, 1.165) is 13.0 Å². The Hall–Kier alpha value is -1.73. The maximum Gasteiger partial charge on any atom is 0.272 e. The Labute approximate surface area is 125 Å². The van der Waals surface area contributed by atoms with Crippen molar-refractivity contribution < 1.29 is 4.79 Å². The fourth-order valence-corrected chi connectivity index (χ4v) is 2.48. The fraction of sp³-hybridized carbons (Fsp3) is 0.643. The van der Waals surface area contributed by atoms with E-state index in [-0.39, 0.29) is 11.8 Å². The van der Waals surface area contributed by atoms with E-state index in [4.69, 9.17) is 5.84 Å². The van der Waals surface area contributed by atoms with E-state index in [9.17, 15) is 4.79 Å². The van der Waals surface area contributed by atoms with Gasteiger partial charge in [0.25, 0.3) is 5.91 Å². The Balaban J connectivity index is 2.08. The molecule has 7 nitrogen and oxygen atoms in total. The second-order valence-electron chi connectivity index (χ2n) is 5.78. The number of rotatable bonds is 5. The van der Waals surface area contributed by atoms with Crippen LogP contribution in [0.4, 0.5) is 5.69 Å². The van der Waals surface area contributed by atoms with Crippen LogP contribution in [-0.2, 0) is 0 Å². The highest BCUT2D eigenvalue weighted by Crippen LogP contribution is 2.16. The average molecular weight is 292 g/mol. The minimum atomic E-state index is -0.215. The molecule has 1 aliphatic rings. The number of likely N-dealkylation sites (tertiary alicyclic amines) is 1. The second kappa shape index (κ2) is 6.82. The molecule has 0 spiro atoms. The van der Waals surface area contributed by atoms with Gasteiger partial charge in [-0.05, 0) is 26.4 Å². The number of hydrazine groups is 1. The van der Waals surface area contributed by atoms with Crippen LogP contribution < -0.4 is 16.6 Å². The third-order valence-electron chi connectivity index (χ3n) is 3.86. The van der Waals surface area contributed by atoms with Crippen molar-refractivity contribution >= 4 is 11.6 Å². The summed E-state index contributed by atoms with van der Waals surface area (Å²) in [5.41, 5.74) is 3.23. The molecular weight excluding hydrogens is 268 g/mol. The van der Waals surface area contributed by atoms with E-state index in [1.165, 1.54) is 6.42 Å². The van der Waals surface area contributed by atoms with E-state index in [0.29, 0.717) is 29.8 Å². The van der Waals surface area contributed by atoms with Gasteiger partial charge in [0.2, 0.25) is 0 Å². The van der Waals surface area contributed by atoms with Gasteiger partial charge < -0.3 is 15.6 Å². The van der Waals surface area contributed by atoms with Gasteiger partial charge in [-0.25, -0.2) is 9.97 Å². The van der Waals surface area contributed by atoms with Crippen LogP contribution in [0.5, 0.6) is 0 Å². The van der Waals surface area contributed by atoms with Crippen molar-refractivity contribution in [3.05, 3.63) is 17.7 Å². The van der Waals surface area contributed by atoms with E-state index in [2.05, 4.69) is 32.7 Å². The number of carbonyl (C=O) groups is 1. The van der Waals surface area contributed by atoms with Crippen LogP contribution in [0, 0.1) is 0 Å². The smallest absolute Gasteiger partial charge is 0.272 e. The number of hydrogen-bond acceptors (Lipinski definition) is 6. The molecule has 1 aromatic heterocycles. The lowest BCUT2D eigenvalue weighted by atomic mass is 10.2. The van der Waals surface area contributed by atoms with E-state index >= 15 is 0 Å². The van der Waals surface area contributed by atoms with Crippen molar-refractivity contribution in [2.45, 2.75) is 38.6 Å². The quantitative estimate of drug-likeness (QED) is 0.546. The molecule has 1 aliphatic heterocycles. The molecule has 2 heterocycles. The third-order valence-corrected chi connectivity index (χ3v) is 3.86. The van der Waals surface area contributed by atoms with Gasteiger partial charge >= 0.3 is 0 Å². The first-order valence-corrected chi connectivity index (χ1v) is 7.35. The Morgan fingerprint density at radius 1 is 1.57 bits per heavy atom. The molecule has 2 rings (SSSR count). The second-order valence-corrected chi connectivity index (χ2v) is 5.78. The van der Waals surface area contributed by atoms with E-state index in [1.54, 1.807) is 6.20 Å². The summed E-state index contributed by atoms with van der Waals surface area (Å²) < 4.78 is 0. The maximum atomic E-state index is 12.3. The number of nitrogens with zero attached hydrogens (tertiary/aromatic N) is 3. The Morgan fingerprint density at radius 2 is 2.33 bits per heavy atom. The average Bonchev–Trinajstić information content (AvgIpc) is 2.89. The zero-order valence-electron chi connectivity index (χ0n) is 12.9. The van der Waals surface area contributed by atoms with Gasteiger partial charge in [-0.15, -0.1) is 0 Å². The maximum absolute atomic E-state index is 12.3. The molecule has 1 saturated heterocycles. The summed E-state index contributed by atoms with van der Waals surface area (Å²) in [5.74, 6) is 6.01. The molecule has 116 valence electrons. The number of aromatic nitrogens is 2. The van der Waals surface area contributed by atoms with Gasteiger partial charge in [-0.2, -0.15) is 0 Å². The van der Waals surface area contributed by atoms with Gasteiger partial charge in [0.1, 0.15) is 5.82 Å². The predicted octanol–water partition coefficient (Wildman–Crippen LogP) is 0.710. The number of likely N-dealkylation sites (N-methyl/N-ethyl adjacent to an activating group) is 1. The number of hydrogen-bond donors (Lipinski definition) is 3. The summed E-state index contributed by atoms with van der Waals surface area (Å²) in [6.45, 7) is 5.68. The lowest BCUT2D eigenvalue weighted by Crippen LogP contribution is -2.39. The van der Waals surface area contributed by atoms with Gasteiger partial charge in [-0.3, -0.25) is 10.6 Å². The molecule has 1 atom stereocenters. The van der Waals surface area contributed by atoms with Gasteiger partial charge in [-0.1, -0.05) is 13.8 Å². The number of carbonyl (C=O) groups excluding carboxylic acids is 1. The largest absolute Gasteiger partial charge is 0.349 e. The minimum Gasteiger partial charge on any atom is -0.349 e. The number of amides is 1. The summed E-state index contributed by atoms with van der Waals surface area (Å²) >= 11 is 0. The topological polar surface area (TPSA) is 96.2 Å². The molecule has 0 aromatic carbocycles. The van der Waals surface area contributed by atoms with Crippen LogP contribution in [-0.4, -0.2) is 47.0 Å². The van der Waals surface area contributed by atoms with Crippen LogP contribution in [0.3, 0.4) is 0 Å². The Morgan fingerprint density at radius 3 is 2.90 bits per heavy atom. The van der Waals surface area contributed by atoms with Crippen LogP contribution >= 0.6 is 0 Å². The highest BCUT2D eigenvalue weighted by molar-refractivity contribution is 5.97. The van der Waals surface area contributed by atoms with Crippen molar-refractivity contribution in [1.82, 2.24) is 20.2 Å². The van der Waals surface area contributed by atoms with Crippen LogP contribution in [0.15, 0.2) is 6.20 Å². The number of nitrogens with two attached hydrogens (primary N) is 1. The summed E-state index contributed by atoms with van der Waals surface area (Å²) in [6, 6.07) is 0.398. The Bertz CT molecular complexity index is 504. The summed E-state index contributed by atoms with van der Waals surface area (Å²) in [4.78, 5) is 23.1. The van der Waals surface area contributed by atoms with Crippen molar-refractivity contribution in [2.75, 3.05) is 25.6 Å². The fourth-order valence-electron chi connectivity index (χ4n) is 2.48. The minimum absolute atomic E-state index is 0.157. The lowest BCUT2D eigenvalue weighted by molar-refractivity contribution is 0.0939. The SMILES string of the molecule is CC(C)c1ncc(NN)c(C(=O)NCC2CCCN2C)n1. The van der Waals surface area contributed by atoms with Crippen LogP contribution in [0.1, 0.15) is 48.9 Å². The van der Waals surface area contributed by atoms with Crippen LogP contribution in [0.2, 0.25) is 0 Å². The first-order chi connectivity index (χ1) is 10.0. The molecule has 21 heavy (non-hydrogen) atoms. The summed E-state index contributed by atoms with van der Waals surface area (Å²) in [5, 5.41) is 2.95. The van der Waals surface area contributed by atoms with Crippen molar-refractivity contribution in [3.8, 4) is 0 Å². The molecule has 1 amide bonds. The van der Waals surface area contributed by atoms with Gasteiger partial charge in [0, 0.05) is 18.5 Å². The van der Waals surface area contributed by atoms with Crippen molar-refractivity contribution in [1.29, 1.82) is 0 Å². The van der Waals surface area contributed by atoms with E-state index < -0.39 is 0 Å². The molecule has 1 fully saturated rings. The number of nitrogen functional groups attached to an aromatic ring is 1. The lowest BCUT2D eigenvalue weighted by Gasteiger charge is -2.20. The zero-order valence-corrected chi connectivity index (χ0v) is 12.9. The molecule has 4 N–H and O–H groups in total. The normalized spacial score (nSPS) is 19.0. The van der Waals surface area contributed by atoms with Crippen molar-refractivity contribution in [3.63, 3.8) is 0 Å². The monoisotopic (exact) mass is 292 g/mol. The zero-order chi connectivity index (χ0) is 15.4. The highest BCUT2D eigenvalue weighted by atomic mass is 16.1. The standard InChI is InChI=1S/C14H24N6O/c1-9(2)13-16-8-11(19-15)12(18-13)14(21)17-7-10-5-4-6-20(10)3/h8-10,19H,4-7,15H2,1-3H3,(H,17,21). The van der Waals surface area contributed by atoms with Gasteiger partial charge in [0.05, 0.1) is 11.9 Å². The highest BCUT2D eigenvalue weighted by Gasteiger charge is 2.22. The molecular formula is C14H24N6O. The Kier molecular flexibility index (Phi) is 5.08. The summed E-state index contributed by atoms with van der Waals surface area (Å²) in [7, 11) is 2.08. The molecule has 0 aliphatic carbocycles. The molecule has 1 aromatic rings. The number of nitrogens with one attached hydrogen (secondary N) is 2. The molecule has 0 saturated carbocycles. The first kappa shape index (κ1) is 15.7. The molecule has 0 radical (unpaired) electrons. The van der Waals surface area contributed by atoms with Crippen molar-refractivity contribution in [2.24, 2.45) is 5.84 Å². The van der Waals surface area contributed by atoms with Crippen LogP contribution in [0.25, 0.3) is 0 Å². The summed E-state index contributed by atoms with van der Waals surface area (Å²) in [6.07, 6.45) is 3.84. The van der Waals surface area contributed by atoms with Gasteiger partial charge in [0.15, 0.2) is 5.69 Å².